The van der Waals surface area contributed by atoms with Crippen molar-refractivity contribution in [1.82, 2.24) is 5.32 Å². The molecule has 2 N–H and O–H groups in total. The summed E-state index contributed by atoms with van der Waals surface area (Å²) < 4.78 is 13.8. The third-order valence-electron chi connectivity index (χ3n) is 4.48. The Balaban J connectivity index is 1.74. The van der Waals surface area contributed by atoms with Crippen LogP contribution in [0.3, 0.4) is 0 Å². The van der Waals surface area contributed by atoms with Gasteiger partial charge in [-0.15, -0.1) is 0 Å². The van der Waals surface area contributed by atoms with E-state index in [9.17, 15) is 4.39 Å². The monoisotopic (exact) mass is 282 g/mol. The van der Waals surface area contributed by atoms with Crippen molar-refractivity contribution in [3.8, 4) is 0 Å². The van der Waals surface area contributed by atoms with E-state index in [4.69, 9.17) is 11.6 Å². The second-order valence-electron chi connectivity index (χ2n) is 5.65. The molecule has 1 aromatic rings. The molecule has 4 heteroatoms. The van der Waals surface area contributed by atoms with Gasteiger partial charge in [0.25, 0.3) is 0 Å². The minimum Gasteiger partial charge on any atom is -0.378 e. The highest BCUT2D eigenvalue weighted by Crippen LogP contribution is 2.36. The van der Waals surface area contributed by atoms with Gasteiger partial charge in [0, 0.05) is 12.1 Å². The molecule has 19 heavy (non-hydrogen) atoms. The van der Waals surface area contributed by atoms with E-state index in [0.717, 1.165) is 13.0 Å². The molecule has 2 fully saturated rings. The van der Waals surface area contributed by atoms with E-state index >= 15 is 0 Å². The van der Waals surface area contributed by atoms with Crippen molar-refractivity contribution in [3.05, 3.63) is 29.0 Å². The first-order valence-corrected chi connectivity index (χ1v) is 7.57. The van der Waals surface area contributed by atoms with E-state index in [1.807, 2.05) is 0 Å². The van der Waals surface area contributed by atoms with Crippen LogP contribution in [0.4, 0.5) is 10.1 Å². The fraction of sp³-hybridized carbons (Fsp3) is 0.600. The Morgan fingerprint density at radius 1 is 1.21 bits per heavy atom. The lowest BCUT2D eigenvalue weighted by molar-refractivity contribution is 0.375. The minimum atomic E-state index is -0.252. The molecule has 104 valence electrons. The predicted octanol–water partition coefficient (Wildman–Crippen LogP) is 3.81. The van der Waals surface area contributed by atoms with Crippen molar-refractivity contribution in [2.75, 3.05) is 11.9 Å². The number of halogens is 2. The average Bonchev–Trinajstić information content (AvgIpc) is 3.04. The zero-order valence-corrected chi connectivity index (χ0v) is 11.7. The van der Waals surface area contributed by atoms with Crippen molar-refractivity contribution >= 4 is 17.3 Å². The van der Waals surface area contributed by atoms with Gasteiger partial charge in [-0.2, -0.15) is 0 Å². The molecule has 1 aromatic carbocycles. The first-order chi connectivity index (χ1) is 9.25. The molecule has 0 spiro atoms. The maximum absolute atomic E-state index is 13.8. The summed E-state index contributed by atoms with van der Waals surface area (Å²) in [4.78, 5) is 0. The van der Waals surface area contributed by atoms with Crippen LogP contribution in [0.5, 0.6) is 0 Å². The molecular formula is C15H20ClFN2. The molecule has 1 aliphatic carbocycles. The summed E-state index contributed by atoms with van der Waals surface area (Å²) in [5, 5.41) is 7.41. The number of hydrogen-bond acceptors (Lipinski definition) is 2. The summed E-state index contributed by atoms with van der Waals surface area (Å²) >= 11 is 6.10. The highest BCUT2D eigenvalue weighted by Gasteiger charge is 2.35. The summed E-state index contributed by atoms with van der Waals surface area (Å²) in [7, 11) is 0. The molecule has 0 bridgehead atoms. The second kappa shape index (κ2) is 5.68. The van der Waals surface area contributed by atoms with Gasteiger partial charge in [-0.25, -0.2) is 4.39 Å². The first kappa shape index (κ1) is 13.2. The van der Waals surface area contributed by atoms with E-state index in [-0.39, 0.29) is 5.82 Å². The Labute approximate surface area is 118 Å². The van der Waals surface area contributed by atoms with E-state index < -0.39 is 0 Å². The lowest BCUT2D eigenvalue weighted by atomic mass is 9.93. The number of hydrogen-bond donors (Lipinski definition) is 2. The number of anilines is 1. The molecule has 3 unspecified atom stereocenters. The molecule has 1 aliphatic heterocycles. The predicted molar refractivity (Wildman–Crippen MR) is 77.2 cm³/mol. The highest BCUT2D eigenvalue weighted by atomic mass is 35.5. The van der Waals surface area contributed by atoms with E-state index in [0.29, 0.717) is 28.7 Å². The van der Waals surface area contributed by atoms with Gasteiger partial charge in [0.1, 0.15) is 5.82 Å². The van der Waals surface area contributed by atoms with Crippen molar-refractivity contribution in [2.45, 2.75) is 44.2 Å². The summed E-state index contributed by atoms with van der Waals surface area (Å²) in [6, 6.07) is 5.78. The molecule has 0 radical (unpaired) electrons. The van der Waals surface area contributed by atoms with Crippen LogP contribution >= 0.6 is 11.6 Å². The first-order valence-electron chi connectivity index (χ1n) is 7.19. The van der Waals surface area contributed by atoms with E-state index in [1.54, 1.807) is 12.1 Å². The molecule has 2 aliphatic rings. The standard InChI is InChI=1S/C15H20ClFN2/c16-11-5-2-6-12(17)15(11)19-14-7-1-4-10(14)13-8-3-9-18-13/h2,5-6,10,13-14,18-19H,1,3-4,7-9H2. The maximum atomic E-state index is 13.8. The fourth-order valence-corrected chi connectivity index (χ4v) is 3.77. The molecule has 1 saturated heterocycles. The molecule has 3 rings (SSSR count). The highest BCUT2D eigenvalue weighted by molar-refractivity contribution is 6.33. The average molecular weight is 283 g/mol. The SMILES string of the molecule is Fc1cccc(Cl)c1NC1CCCC1C1CCCN1. The fourth-order valence-electron chi connectivity index (χ4n) is 3.55. The van der Waals surface area contributed by atoms with Gasteiger partial charge in [0.05, 0.1) is 10.7 Å². The number of nitrogens with one attached hydrogen (secondary N) is 2. The Bertz CT molecular complexity index is 426. The van der Waals surface area contributed by atoms with Gasteiger partial charge < -0.3 is 10.6 Å². The number of para-hydroxylation sites is 1. The van der Waals surface area contributed by atoms with Gasteiger partial charge in [-0.05, 0) is 50.3 Å². The zero-order chi connectivity index (χ0) is 13.2. The molecule has 1 saturated carbocycles. The van der Waals surface area contributed by atoms with Crippen molar-refractivity contribution in [3.63, 3.8) is 0 Å². The minimum absolute atomic E-state index is 0.252. The van der Waals surface area contributed by atoms with Gasteiger partial charge in [-0.1, -0.05) is 24.1 Å². The number of rotatable bonds is 3. The summed E-state index contributed by atoms with van der Waals surface area (Å²) in [5.41, 5.74) is 0.471. The zero-order valence-electron chi connectivity index (χ0n) is 11.0. The van der Waals surface area contributed by atoms with Gasteiger partial charge in [0.15, 0.2) is 0 Å². The van der Waals surface area contributed by atoms with Crippen molar-refractivity contribution in [1.29, 1.82) is 0 Å². The van der Waals surface area contributed by atoms with Crippen LogP contribution in [0, 0.1) is 11.7 Å². The lowest BCUT2D eigenvalue weighted by Gasteiger charge is -2.27. The third kappa shape index (κ3) is 2.72. The van der Waals surface area contributed by atoms with Crippen molar-refractivity contribution in [2.24, 2.45) is 5.92 Å². The van der Waals surface area contributed by atoms with Crippen LogP contribution in [-0.4, -0.2) is 18.6 Å². The third-order valence-corrected chi connectivity index (χ3v) is 4.79. The van der Waals surface area contributed by atoms with Gasteiger partial charge in [-0.3, -0.25) is 0 Å². The second-order valence-corrected chi connectivity index (χ2v) is 6.05. The van der Waals surface area contributed by atoms with E-state index in [2.05, 4.69) is 10.6 Å². The van der Waals surface area contributed by atoms with Crippen LogP contribution in [0.2, 0.25) is 5.02 Å². The molecule has 0 amide bonds. The van der Waals surface area contributed by atoms with Gasteiger partial charge >= 0.3 is 0 Å². The van der Waals surface area contributed by atoms with Crippen LogP contribution in [0.1, 0.15) is 32.1 Å². The van der Waals surface area contributed by atoms with Crippen LogP contribution < -0.4 is 10.6 Å². The molecule has 3 atom stereocenters. The quantitative estimate of drug-likeness (QED) is 0.881. The summed E-state index contributed by atoms with van der Waals surface area (Å²) in [6.07, 6.45) is 6.05. The summed E-state index contributed by atoms with van der Waals surface area (Å²) in [6.45, 7) is 1.12. The molecule has 2 nitrogen and oxygen atoms in total. The smallest absolute Gasteiger partial charge is 0.147 e. The van der Waals surface area contributed by atoms with Crippen LogP contribution in [0.15, 0.2) is 18.2 Å². The summed E-state index contributed by atoms with van der Waals surface area (Å²) in [5.74, 6) is 0.343. The Hall–Kier alpha value is -0.800. The topological polar surface area (TPSA) is 24.1 Å². The van der Waals surface area contributed by atoms with Gasteiger partial charge in [0.2, 0.25) is 0 Å². The Morgan fingerprint density at radius 3 is 2.84 bits per heavy atom. The van der Waals surface area contributed by atoms with Crippen LogP contribution in [0.25, 0.3) is 0 Å². The van der Waals surface area contributed by atoms with Crippen LogP contribution in [-0.2, 0) is 0 Å². The largest absolute Gasteiger partial charge is 0.378 e. The Morgan fingerprint density at radius 2 is 2.11 bits per heavy atom. The molecular weight excluding hydrogens is 263 g/mol. The molecule has 0 aromatic heterocycles. The number of benzene rings is 1. The maximum Gasteiger partial charge on any atom is 0.147 e. The lowest BCUT2D eigenvalue weighted by Crippen LogP contribution is -2.38. The molecule has 1 heterocycles. The van der Waals surface area contributed by atoms with Crippen molar-refractivity contribution < 1.29 is 4.39 Å². The van der Waals surface area contributed by atoms with E-state index in [1.165, 1.54) is 31.7 Å². The normalized spacial score (nSPS) is 30.7. The Kier molecular flexibility index (Phi) is 3.94.